The molecule has 0 unspecified atom stereocenters. The molecule has 3 nitrogen and oxygen atoms in total. The molecule has 0 radical (unpaired) electrons. The molecule has 0 bridgehead atoms. The predicted molar refractivity (Wildman–Crippen MR) is 64.6 cm³/mol. The highest BCUT2D eigenvalue weighted by Crippen LogP contribution is 2.29. The van der Waals surface area contributed by atoms with Crippen LogP contribution in [0, 0.1) is 0 Å². The van der Waals surface area contributed by atoms with Crippen LogP contribution in [0.4, 0.5) is 0 Å². The molecule has 1 N–H and O–H groups in total. The summed E-state index contributed by atoms with van der Waals surface area (Å²) in [6.45, 7) is 0. The zero-order valence-corrected chi connectivity index (χ0v) is 11.3. The molecule has 0 amide bonds. The van der Waals surface area contributed by atoms with Gasteiger partial charge in [0.1, 0.15) is 4.21 Å². The molecule has 1 fully saturated rings. The maximum atomic E-state index is 11.9. The number of thiophene rings is 1. The third-order valence-corrected chi connectivity index (χ3v) is 6.70. The summed E-state index contributed by atoms with van der Waals surface area (Å²) in [6.07, 6.45) is 4.17. The molecule has 1 aliphatic rings. The van der Waals surface area contributed by atoms with Crippen LogP contribution >= 0.6 is 27.3 Å². The van der Waals surface area contributed by atoms with Crippen molar-refractivity contribution in [1.82, 2.24) is 4.72 Å². The Labute approximate surface area is 102 Å². The maximum absolute atomic E-state index is 11.9. The second-order valence-corrected chi connectivity index (χ2v) is 7.34. The molecule has 0 saturated heterocycles. The van der Waals surface area contributed by atoms with Crippen LogP contribution in [0.5, 0.6) is 0 Å². The van der Waals surface area contributed by atoms with Crippen molar-refractivity contribution in [1.29, 1.82) is 0 Å². The van der Waals surface area contributed by atoms with Crippen LogP contribution in [0.2, 0.25) is 0 Å². The van der Waals surface area contributed by atoms with E-state index in [1.165, 1.54) is 11.3 Å². The van der Waals surface area contributed by atoms with E-state index in [1.54, 1.807) is 11.4 Å². The van der Waals surface area contributed by atoms with Gasteiger partial charge in [-0.05, 0) is 40.2 Å². The Hall–Kier alpha value is 0.0900. The number of halogens is 1. The lowest BCUT2D eigenvalue weighted by Crippen LogP contribution is -2.32. The molecule has 84 valence electrons. The van der Waals surface area contributed by atoms with Gasteiger partial charge in [-0.15, -0.1) is 11.3 Å². The first kappa shape index (κ1) is 11.6. The van der Waals surface area contributed by atoms with Crippen molar-refractivity contribution >= 4 is 37.3 Å². The lowest BCUT2D eigenvalue weighted by molar-refractivity contribution is 0.554. The molecule has 2 rings (SSSR count). The van der Waals surface area contributed by atoms with E-state index in [-0.39, 0.29) is 6.04 Å². The normalized spacial score (nSPS) is 18.5. The third kappa shape index (κ3) is 2.61. The average Bonchev–Trinajstić information content (AvgIpc) is 2.75. The Bertz CT molecular complexity index is 435. The molecule has 1 aromatic heterocycles. The van der Waals surface area contributed by atoms with Gasteiger partial charge >= 0.3 is 0 Å². The Kier molecular flexibility index (Phi) is 3.49. The number of hydrogen-bond donors (Lipinski definition) is 1. The summed E-state index contributed by atoms with van der Waals surface area (Å²) < 4.78 is 27.7. The summed E-state index contributed by atoms with van der Waals surface area (Å²) in [5, 5.41) is 1.77. The topological polar surface area (TPSA) is 46.2 Å². The molecule has 6 heteroatoms. The summed E-state index contributed by atoms with van der Waals surface area (Å²) in [4.78, 5) is 0. The van der Waals surface area contributed by atoms with Crippen molar-refractivity contribution < 1.29 is 8.42 Å². The van der Waals surface area contributed by atoms with Crippen molar-refractivity contribution in [3.8, 4) is 0 Å². The quantitative estimate of drug-likeness (QED) is 0.933. The van der Waals surface area contributed by atoms with Crippen molar-refractivity contribution in [2.45, 2.75) is 35.9 Å². The summed E-state index contributed by atoms with van der Waals surface area (Å²) in [5.41, 5.74) is 0. The molecular formula is C9H12BrNO2S2. The van der Waals surface area contributed by atoms with Crippen LogP contribution in [0.25, 0.3) is 0 Å². The standard InChI is InChI=1S/C9H12BrNO2S2/c10-8-5-6-14-9(8)15(12,13)11-7-3-1-2-4-7/h5-7,11H,1-4H2. The van der Waals surface area contributed by atoms with Crippen molar-refractivity contribution in [3.05, 3.63) is 15.9 Å². The van der Waals surface area contributed by atoms with Gasteiger partial charge in [0.25, 0.3) is 10.0 Å². The number of rotatable bonds is 3. The molecule has 1 saturated carbocycles. The molecule has 0 aromatic carbocycles. The lowest BCUT2D eigenvalue weighted by Gasteiger charge is -2.11. The predicted octanol–water partition coefficient (Wildman–Crippen LogP) is 2.73. The fourth-order valence-electron chi connectivity index (χ4n) is 1.79. The fraction of sp³-hybridized carbons (Fsp3) is 0.556. The molecule has 0 aliphatic heterocycles. The minimum Gasteiger partial charge on any atom is -0.207 e. The molecule has 1 aliphatic carbocycles. The van der Waals surface area contributed by atoms with Crippen LogP contribution in [0.3, 0.4) is 0 Å². The zero-order chi connectivity index (χ0) is 10.9. The molecule has 1 aromatic rings. The first-order valence-electron chi connectivity index (χ1n) is 4.85. The average molecular weight is 310 g/mol. The van der Waals surface area contributed by atoms with E-state index >= 15 is 0 Å². The molecule has 15 heavy (non-hydrogen) atoms. The minimum atomic E-state index is -3.31. The van der Waals surface area contributed by atoms with Crippen LogP contribution in [0.15, 0.2) is 20.1 Å². The van der Waals surface area contributed by atoms with E-state index in [2.05, 4.69) is 20.7 Å². The SMILES string of the molecule is O=S(=O)(NC1CCCC1)c1sccc1Br. The van der Waals surface area contributed by atoms with Crippen LogP contribution in [0.1, 0.15) is 25.7 Å². The summed E-state index contributed by atoms with van der Waals surface area (Å²) in [7, 11) is -3.31. The van der Waals surface area contributed by atoms with Gasteiger partial charge in [-0.1, -0.05) is 12.8 Å². The second-order valence-electron chi connectivity index (χ2n) is 3.66. The second kappa shape index (κ2) is 4.53. The van der Waals surface area contributed by atoms with Crippen molar-refractivity contribution in [3.63, 3.8) is 0 Å². The first-order chi connectivity index (χ1) is 7.09. The fourth-order valence-corrected chi connectivity index (χ4v) is 5.45. The monoisotopic (exact) mass is 309 g/mol. The summed E-state index contributed by atoms with van der Waals surface area (Å²) >= 11 is 4.49. The molecular weight excluding hydrogens is 298 g/mol. The summed E-state index contributed by atoms with van der Waals surface area (Å²) in [5.74, 6) is 0. The van der Waals surface area contributed by atoms with E-state index in [1.807, 2.05) is 0 Å². The van der Waals surface area contributed by atoms with Gasteiger partial charge in [-0.25, -0.2) is 13.1 Å². The molecule has 0 atom stereocenters. The molecule has 0 spiro atoms. The van der Waals surface area contributed by atoms with E-state index in [0.717, 1.165) is 25.7 Å². The van der Waals surface area contributed by atoms with Crippen LogP contribution in [-0.2, 0) is 10.0 Å². The third-order valence-electron chi connectivity index (χ3n) is 2.51. The number of hydrogen-bond acceptors (Lipinski definition) is 3. The van der Waals surface area contributed by atoms with E-state index < -0.39 is 10.0 Å². The maximum Gasteiger partial charge on any atom is 0.251 e. The Morgan fingerprint density at radius 3 is 2.60 bits per heavy atom. The highest BCUT2D eigenvalue weighted by atomic mass is 79.9. The minimum absolute atomic E-state index is 0.129. The van der Waals surface area contributed by atoms with Gasteiger partial charge in [0.05, 0.1) is 0 Å². The van der Waals surface area contributed by atoms with Gasteiger partial charge in [-0.3, -0.25) is 0 Å². The number of nitrogens with one attached hydrogen (secondary N) is 1. The van der Waals surface area contributed by atoms with E-state index in [4.69, 9.17) is 0 Å². The Morgan fingerprint density at radius 2 is 2.07 bits per heavy atom. The summed E-state index contributed by atoms with van der Waals surface area (Å²) in [6, 6.07) is 1.89. The lowest BCUT2D eigenvalue weighted by atomic mass is 10.3. The van der Waals surface area contributed by atoms with E-state index in [9.17, 15) is 8.42 Å². The van der Waals surface area contributed by atoms with Gasteiger partial charge in [0.15, 0.2) is 0 Å². The van der Waals surface area contributed by atoms with Crippen molar-refractivity contribution in [2.75, 3.05) is 0 Å². The Morgan fingerprint density at radius 1 is 1.40 bits per heavy atom. The van der Waals surface area contributed by atoms with E-state index in [0.29, 0.717) is 8.68 Å². The smallest absolute Gasteiger partial charge is 0.207 e. The zero-order valence-electron chi connectivity index (χ0n) is 8.07. The van der Waals surface area contributed by atoms with Gasteiger partial charge in [0.2, 0.25) is 0 Å². The van der Waals surface area contributed by atoms with Gasteiger partial charge in [-0.2, -0.15) is 0 Å². The largest absolute Gasteiger partial charge is 0.251 e. The first-order valence-corrected chi connectivity index (χ1v) is 8.00. The van der Waals surface area contributed by atoms with Crippen LogP contribution < -0.4 is 4.72 Å². The van der Waals surface area contributed by atoms with Gasteiger partial charge in [0, 0.05) is 10.5 Å². The van der Waals surface area contributed by atoms with Crippen molar-refractivity contribution in [2.24, 2.45) is 0 Å². The molecule has 1 heterocycles. The highest BCUT2D eigenvalue weighted by Gasteiger charge is 2.25. The number of sulfonamides is 1. The Balaban J connectivity index is 2.16. The van der Waals surface area contributed by atoms with Gasteiger partial charge < -0.3 is 0 Å². The van der Waals surface area contributed by atoms with Crippen LogP contribution in [-0.4, -0.2) is 14.5 Å². The highest BCUT2D eigenvalue weighted by molar-refractivity contribution is 9.10.